The number of hydrogen-bond donors (Lipinski definition) is 0. The van der Waals surface area contributed by atoms with Crippen LogP contribution >= 0.6 is 0 Å². The Balaban J connectivity index is 2.53. The highest BCUT2D eigenvalue weighted by Gasteiger charge is 2.13. The smallest absolute Gasteiger partial charge is 0.269 e. The lowest BCUT2D eigenvalue weighted by atomic mass is 10.0. The van der Waals surface area contributed by atoms with Gasteiger partial charge in [0.05, 0.1) is 12.0 Å². The van der Waals surface area contributed by atoms with Crippen LogP contribution in [0.25, 0.3) is 11.3 Å². The second-order valence-corrected chi connectivity index (χ2v) is 4.19. The number of nitro benzene ring substituents is 1. The fourth-order valence-corrected chi connectivity index (χ4v) is 1.95. The van der Waals surface area contributed by atoms with Gasteiger partial charge in [0.25, 0.3) is 5.69 Å². The molecule has 104 valence electrons. The van der Waals surface area contributed by atoms with Crippen LogP contribution in [-0.2, 0) is 4.74 Å². The zero-order valence-corrected chi connectivity index (χ0v) is 11.3. The summed E-state index contributed by atoms with van der Waals surface area (Å²) in [4.78, 5) is 10.2. The fourth-order valence-electron chi connectivity index (χ4n) is 1.95. The molecule has 0 saturated carbocycles. The SMILES string of the molecule is CO/C(=C(/C#N)c1ccccc1)c1ccc([N+](=O)[O-])cc1. The highest BCUT2D eigenvalue weighted by atomic mass is 16.6. The van der Waals surface area contributed by atoms with E-state index in [1.165, 1.54) is 19.2 Å². The molecule has 0 bridgehead atoms. The van der Waals surface area contributed by atoms with Crippen molar-refractivity contribution < 1.29 is 9.66 Å². The van der Waals surface area contributed by atoms with E-state index in [2.05, 4.69) is 6.07 Å². The van der Waals surface area contributed by atoms with Gasteiger partial charge >= 0.3 is 0 Å². The lowest BCUT2D eigenvalue weighted by molar-refractivity contribution is -0.384. The maximum atomic E-state index is 10.7. The minimum atomic E-state index is -0.470. The summed E-state index contributed by atoms with van der Waals surface area (Å²) >= 11 is 0. The zero-order valence-electron chi connectivity index (χ0n) is 11.3. The van der Waals surface area contributed by atoms with E-state index >= 15 is 0 Å². The van der Waals surface area contributed by atoms with Gasteiger partial charge in [-0.05, 0) is 17.7 Å². The van der Waals surface area contributed by atoms with Gasteiger partial charge < -0.3 is 4.74 Å². The summed E-state index contributed by atoms with van der Waals surface area (Å²) < 4.78 is 5.33. The summed E-state index contributed by atoms with van der Waals surface area (Å²) in [6.45, 7) is 0. The molecular weight excluding hydrogens is 268 g/mol. The number of nitriles is 1. The molecule has 0 aromatic heterocycles. The predicted octanol–water partition coefficient (Wildman–Crippen LogP) is 3.63. The van der Waals surface area contributed by atoms with E-state index in [1.807, 2.05) is 30.3 Å². The van der Waals surface area contributed by atoms with Crippen molar-refractivity contribution in [2.24, 2.45) is 0 Å². The van der Waals surface area contributed by atoms with Crippen LogP contribution in [0.3, 0.4) is 0 Å². The van der Waals surface area contributed by atoms with Crippen LogP contribution in [0.4, 0.5) is 5.69 Å². The van der Waals surface area contributed by atoms with E-state index < -0.39 is 4.92 Å². The standard InChI is InChI=1S/C16H12N2O3/c1-21-16(13-7-9-14(10-8-13)18(19)20)15(11-17)12-5-3-2-4-6-12/h2-10H,1H3/b16-15-. The minimum absolute atomic E-state index is 0.00702. The number of nitro groups is 1. The molecule has 2 aromatic rings. The van der Waals surface area contributed by atoms with Crippen molar-refractivity contribution in [2.75, 3.05) is 7.11 Å². The van der Waals surface area contributed by atoms with Gasteiger partial charge in [-0.15, -0.1) is 0 Å². The van der Waals surface area contributed by atoms with Crippen LogP contribution < -0.4 is 0 Å². The van der Waals surface area contributed by atoms with Crippen molar-refractivity contribution in [3.63, 3.8) is 0 Å². The van der Waals surface area contributed by atoms with E-state index in [0.29, 0.717) is 16.9 Å². The Labute approximate surface area is 121 Å². The third-order valence-corrected chi connectivity index (χ3v) is 2.95. The van der Waals surface area contributed by atoms with Crippen molar-refractivity contribution >= 4 is 17.0 Å². The molecule has 2 rings (SSSR count). The molecule has 0 unspecified atom stereocenters. The fraction of sp³-hybridized carbons (Fsp3) is 0.0625. The Morgan fingerprint density at radius 1 is 1.10 bits per heavy atom. The molecule has 5 heteroatoms. The van der Waals surface area contributed by atoms with Gasteiger partial charge in [-0.2, -0.15) is 5.26 Å². The van der Waals surface area contributed by atoms with Gasteiger partial charge in [0.1, 0.15) is 17.4 Å². The van der Waals surface area contributed by atoms with Gasteiger partial charge in [-0.25, -0.2) is 0 Å². The molecule has 0 N–H and O–H groups in total. The van der Waals surface area contributed by atoms with Crippen molar-refractivity contribution in [1.82, 2.24) is 0 Å². The average molecular weight is 280 g/mol. The Hall–Kier alpha value is -3.13. The summed E-state index contributed by atoms with van der Waals surface area (Å²) in [7, 11) is 1.47. The van der Waals surface area contributed by atoms with E-state index in [9.17, 15) is 15.4 Å². The predicted molar refractivity (Wildman–Crippen MR) is 79.0 cm³/mol. The molecule has 0 saturated heterocycles. The van der Waals surface area contributed by atoms with Gasteiger partial charge in [0.2, 0.25) is 0 Å². The number of allylic oxidation sites excluding steroid dienone is 1. The maximum absolute atomic E-state index is 10.7. The summed E-state index contributed by atoms with van der Waals surface area (Å²) in [5.41, 5.74) is 1.72. The van der Waals surface area contributed by atoms with E-state index in [4.69, 9.17) is 4.74 Å². The molecule has 0 radical (unpaired) electrons. The first kappa shape index (κ1) is 14.3. The van der Waals surface area contributed by atoms with Gasteiger partial charge in [0.15, 0.2) is 0 Å². The number of rotatable bonds is 4. The number of ether oxygens (including phenoxy) is 1. The average Bonchev–Trinajstić information content (AvgIpc) is 2.53. The van der Waals surface area contributed by atoms with Crippen LogP contribution in [-0.4, -0.2) is 12.0 Å². The summed E-state index contributed by atoms with van der Waals surface area (Å²) in [5.74, 6) is 0.388. The number of methoxy groups -OCH3 is 1. The number of benzene rings is 2. The van der Waals surface area contributed by atoms with E-state index in [0.717, 1.165) is 5.56 Å². The first-order valence-electron chi connectivity index (χ1n) is 6.16. The molecule has 0 atom stereocenters. The largest absolute Gasteiger partial charge is 0.495 e. The van der Waals surface area contributed by atoms with Crippen LogP contribution in [0.1, 0.15) is 11.1 Å². The maximum Gasteiger partial charge on any atom is 0.269 e. The molecule has 0 spiro atoms. The number of hydrogen-bond acceptors (Lipinski definition) is 4. The molecule has 2 aromatic carbocycles. The molecular formula is C16H12N2O3. The summed E-state index contributed by atoms with van der Waals surface area (Å²) in [6, 6.07) is 17.2. The van der Waals surface area contributed by atoms with Crippen molar-refractivity contribution in [2.45, 2.75) is 0 Å². The van der Waals surface area contributed by atoms with E-state index in [-0.39, 0.29) is 5.69 Å². The lowest BCUT2D eigenvalue weighted by Gasteiger charge is -2.09. The Morgan fingerprint density at radius 2 is 1.71 bits per heavy atom. The van der Waals surface area contributed by atoms with Gasteiger partial charge in [-0.3, -0.25) is 10.1 Å². The molecule has 0 heterocycles. The highest BCUT2D eigenvalue weighted by molar-refractivity contribution is 5.94. The topological polar surface area (TPSA) is 76.2 Å². The van der Waals surface area contributed by atoms with Crippen molar-refractivity contribution in [1.29, 1.82) is 5.26 Å². The van der Waals surface area contributed by atoms with Crippen LogP contribution in [0.2, 0.25) is 0 Å². The molecule has 0 fully saturated rings. The molecule has 0 amide bonds. The summed E-state index contributed by atoms with van der Waals surface area (Å²) in [6.07, 6.45) is 0. The first-order chi connectivity index (χ1) is 10.2. The van der Waals surface area contributed by atoms with Crippen molar-refractivity contribution in [3.8, 4) is 6.07 Å². The van der Waals surface area contributed by atoms with Crippen molar-refractivity contribution in [3.05, 3.63) is 75.8 Å². The minimum Gasteiger partial charge on any atom is -0.495 e. The second-order valence-electron chi connectivity index (χ2n) is 4.19. The zero-order chi connectivity index (χ0) is 15.2. The highest BCUT2D eigenvalue weighted by Crippen LogP contribution is 2.27. The van der Waals surface area contributed by atoms with E-state index in [1.54, 1.807) is 12.1 Å². The molecule has 0 aliphatic rings. The Morgan fingerprint density at radius 3 is 2.19 bits per heavy atom. The molecule has 0 aliphatic carbocycles. The summed E-state index contributed by atoms with van der Waals surface area (Å²) in [5, 5.41) is 20.1. The van der Waals surface area contributed by atoms with Gasteiger partial charge in [-0.1, -0.05) is 30.3 Å². The molecule has 0 aliphatic heterocycles. The number of non-ortho nitro benzene ring substituents is 1. The van der Waals surface area contributed by atoms with Gasteiger partial charge in [0, 0.05) is 17.7 Å². The Bertz CT molecular complexity index is 713. The van der Waals surface area contributed by atoms with Crippen LogP contribution in [0.5, 0.6) is 0 Å². The Kier molecular flexibility index (Phi) is 4.32. The molecule has 5 nitrogen and oxygen atoms in total. The van der Waals surface area contributed by atoms with Crippen LogP contribution in [0.15, 0.2) is 54.6 Å². The number of nitrogens with zero attached hydrogens (tertiary/aromatic N) is 2. The molecule has 21 heavy (non-hydrogen) atoms. The monoisotopic (exact) mass is 280 g/mol. The second kappa shape index (κ2) is 6.35. The lowest BCUT2D eigenvalue weighted by Crippen LogP contribution is -1.94. The quantitative estimate of drug-likeness (QED) is 0.282. The van der Waals surface area contributed by atoms with Crippen LogP contribution in [0, 0.1) is 21.4 Å². The third kappa shape index (κ3) is 3.07. The normalized spacial score (nSPS) is 11.2. The third-order valence-electron chi connectivity index (χ3n) is 2.95. The first-order valence-corrected chi connectivity index (χ1v) is 6.16.